The van der Waals surface area contributed by atoms with Crippen molar-refractivity contribution in [3.8, 4) is 11.8 Å². The molecule has 0 atom stereocenters. The Balaban J connectivity index is 2.22. The van der Waals surface area contributed by atoms with E-state index in [1.807, 2.05) is 13.8 Å². The van der Waals surface area contributed by atoms with Crippen LogP contribution in [0.15, 0.2) is 59.9 Å². The van der Waals surface area contributed by atoms with Gasteiger partial charge >= 0.3 is 21.6 Å². The van der Waals surface area contributed by atoms with Gasteiger partial charge in [-0.2, -0.15) is 21.6 Å². The van der Waals surface area contributed by atoms with E-state index in [-0.39, 0.29) is 11.1 Å². The number of carboxylic acids is 1. The lowest BCUT2D eigenvalue weighted by molar-refractivity contribution is -0.0520. The second-order valence-electron chi connectivity index (χ2n) is 6.83. The summed E-state index contributed by atoms with van der Waals surface area (Å²) in [4.78, 5) is 10.8. The maximum absolute atomic E-state index is 12.6. The fourth-order valence-electron chi connectivity index (χ4n) is 2.36. The number of hydrogen-bond acceptors (Lipinski definition) is 4. The Morgan fingerprint density at radius 2 is 1.86 bits per heavy atom. The highest BCUT2D eigenvalue weighted by Gasteiger charge is 2.49. The second-order valence-corrected chi connectivity index (χ2v) is 8.37. The van der Waals surface area contributed by atoms with Gasteiger partial charge in [-0.25, -0.2) is 4.79 Å². The molecule has 1 aliphatic rings. The number of allylic oxidation sites excluding steroid dienone is 4. The summed E-state index contributed by atoms with van der Waals surface area (Å²) in [7, 11) is -5.78. The number of aromatic carboxylic acids is 1. The number of carbonyl (C=O) groups is 1. The van der Waals surface area contributed by atoms with Crippen molar-refractivity contribution in [3.63, 3.8) is 0 Å². The molecule has 0 spiro atoms. The van der Waals surface area contributed by atoms with E-state index in [1.54, 1.807) is 6.08 Å². The number of rotatable bonds is 4. The van der Waals surface area contributed by atoms with Crippen molar-refractivity contribution in [2.45, 2.75) is 25.8 Å². The third-order valence-electron chi connectivity index (χ3n) is 3.82. The molecule has 0 amide bonds. The van der Waals surface area contributed by atoms with E-state index in [9.17, 15) is 26.4 Å². The van der Waals surface area contributed by atoms with Crippen molar-refractivity contribution in [2.24, 2.45) is 5.41 Å². The zero-order chi connectivity index (χ0) is 21.9. The van der Waals surface area contributed by atoms with Crippen LogP contribution in [0.2, 0.25) is 0 Å². The lowest BCUT2D eigenvalue weighted by Crippen LogP contribution is -2.26. The third-order valence-corrected chi connectivity index (χ3v) is 4.79. The second kappa shape index (κ2) is 8.17. The summed E-state index contributed by atoms with van der Waals surface area (Å²) < 4.78 is 64.7. The van der Waals surface area contributed by atoms with E-state index in [2.05, 4.69) is 16.0 Å². The maximum Gasteiger partial charge on any atom is 0.534 e. The normalized spacial score (nSPS) is 16.4. The van der Waals surface area contributed by atoms with Crippen molar-refractivity contribution in [1.29, 1.82) is 0 Å². The fourth-order valence-corrected chi connectivity index (χ4v) is 2.85. The van der Waals surface area contributed by atoms with E-state index in [0.29, 0.717) is 12.0 Å². The molecule has 0 heterocycles. The Labute approximate surface area is 166 Å². The van der Waals surface area contributed by atoms with Gasteiger partial charge in [-0.3, -0.25) is 0 Å². The molecule has 0 aliphatic heterocycles. The molecule has 0 unspecified atom stereocenters. The van der Waals surface area contributed by atoms with E-state index < -0.39 is 32.8 Å². The highest BCUT2D eigenvalue weighted by Crippen LogP contribution is 2.36. The Morgan fingerprint density at radius 1 is 1.24 bits per heavy atom. The molecule has 0 bridgehead atoms. The molecule has 9 heteroatoms. The van der Waals surface area contributed by atoms with Crippen LogP contribution >= 0.6 is 0 Å². The monoisotopic (exact) mass is 426 g/mol. The number of alkyl halides is 3. The Hall–Kier alpha value is -2.99. The van der Waals surface area contributed by atoms with Gasteiger partial charge in [-0.15, -0.1) is 0 Å². The van der Waals surface area contributed by atoms with Crippen molar-refractivity contribution < 1.29 is 35.7 Å². The van der Waals surface area contributed by atoms with Crippen molar-refractivity contribution in [3.05, 3.63) is 71.0 Å². The lowest BCUT2D eigenvalue weighted by Gasteiger charge is -2.25. The first-order chi connectivity index (χ1) is 13.3. The predicted molar refractivity (Wildman–Crippen MR) is 100 cm³/mol. The minimum Gasteiger partial charge on any atom is -0.478 e. The first kappa shape index (κ1) is 22.3. The van der Waals surface area contributed by atoms with E-state index in [4.69, 9.17) is 5.11 Å². The van der Waals surface area contributed by atoms with Gasteiger partial charge in [0.15, 0.2) is 0 Å². The van der Waals surface area contributed by atoms with Crippen LogP contribution in [0.3, 0.4) is 0 Å². The lowest BCUT2D eigenvalue weighted by atomic mass is 9.83. The maximum atomic E-state index is 12.6. The standard InChI is InChI=1S/C20H17F3O5S/c1-19(2)12-11-17(28-29(26,27)20(21,22)23)16(13-19)6-4-3-5-14-7-9-15(10-8-14)18(24)25/h4,6-11,13H,12H2,1-2H3,(H,24,25)/b6-4+. The molecule has 0 saturated carbocycles. The van der Waals surface area contributed by atoms with Gasteiger partial charge < -0.3 is 9.29 Å². The molecular formula is C20H17F3O5S. The van der Waals surface area contributed by atoms with Crippen molar-refractivity contribution >= 4 is 16.1 Å². The van der Waals surface area contributed by atoms with Crippen LogP contribution in [0.4, 0.5) is 13.2 Å². The molecule has 0 radical (unpaired) electrons. The summed E-state index contributed by atoms with van der Waals surface area (Å²) in [5.74, 6) is 3.93. The molecule has 5 nitrogen and oxygen atoms in total. The Bertz CT molecular complexity index is 1050. The SMILES string of the molecule is CC1(C)C=C(/C=C/C#Cc2ccc(C(=O)O)cc2)C(OS(=O)(=O)C(F)(F)F)=CC1. The van der Waals surface area contributed by atoms with Crippen LogP contribution in [-0.2, 0) is 14.3 Å². The molecule has 0 saturated heterocycles. The highest BCUT2D eigenvalue weighted by molar-refractivity contribution is 7.87. The van der Waals surface area contributed by atoms with Gasteiger partial charge in [-0.05, 0) is 54.3 Å². The molecule has 1 aromatic carbocycles. The molecule has 0 fully saturated rings. The largest absolute Gasteiger partial charge is 0.534 e. The van der Waals surface area contributed by atoms with Crippen LogP contribution in [0.5, 0.6) is 0 Å². The number of carboxylic acid groups (broad SMARTS) is 1. The van der Waals surface area contributed by atoms with Gasteiger partial charge in [0.2, 0.25) is 0 Å². The summed E-state index contributed by atoms with van der Waals surface area (Å²) in [6, 6.07) is 5.80. The molecule has 29 heavy (non-hydrogen) atoms. The zero-order valence-corrected chi connectivity index (χ0v) is 16.3. The molecule has 1 aliphatic carbocycles. The fraction of sp³-hybridized carbons (Fsp3) is 0.250. The van der Waals surface area contributed by atoms with Crippen molar-refractivity contribution in [2.75, 3.05) is 0 Å². The van der Waals surface area contributed by atoms with Crippen LogP contribution < -0.4 is 0 Å². The Morgan fingerprint density at radius 3 is 2.41 bits per heavy atom. The summed E-state index contributed by atoms with van der Waals surface area (Å²) in [6.45, 7) is 3.67. The quantitative estimate of drug-likeness (QED) is 0.439. The molecule has 154 valence electrons. The first-order valence-electron chi connectivity index (χ1n) is 8.26. The minimum absolute atomic E-state index is 0.110. The average Bonchev–Trinajstić information content (AvgIpc) is 2.60. The van der Waals surface area contributed by atoms with Crippen LogP contribution in [-0.4, -0.2) is 25.0 Å². The van der Waals surface area contributed by atoms with E-state index in [1.165, 1.54) is 42.5 Å². The van der Waals surface area contributed by atoms with Crippen molar-refractivity contribution in [1.82, 2.24) is 0 Å². The summed E-state index contributed by atoms with van der Waals surface area (Å²) in [6.07, 6.45) is 5.90. The van der Waals surface area contributed by atoms with Gasteiger partial charge in [-0.1, -0.05) is 31.8 Å². The van der Waals surface area contributed by atoms with Crippen LogP contribution in [0, 0.1) is 17.3 Å². The number of hydrogen-bond donors (Lipinski definition) is 1. The van der Waals surface area contributed by atoms with Gasteiger partial charge in [0, 0.05) is 11.1 Å². The highest BCUT2D eigenvalue weighted by atomic mass is 32.2. The molecule has 2 rings (SSSR count). The van der Waals surface area contributed by atoms with Crippen LogP contribution in [0.25, 0.3) is 0 Å². The summed E-state index contributed by atoms with van der Waals surface area (Å²) in [5, 5.41) is 8.85. The Kier molecular flexibility index (Phi) is 6.28. The minimum atomic E-state index is -5.78. The summed E-state index contributed by atoms with van der Waals surface area (Å²) >= 11 is 0. The van der Waals surface area contributed by atoms with E-state index in [0.717, 1.165) is 0 Å². The van der Waals surface area contributed by atoms with Gasteiger partial charge in [0.05, 0.1) is 5.56 Å². The predicted octanol–water partition coefficient (Wildman–Crippen LogP) is 4.40. The number of halogens is 3. The van der Waals surface area contributed by atoms with E-state index >= 15 is 0 Å². The topological polar surface area (TPSA) is 80.7 Å². The molecule has 0 aromatic heterocycles. The van der Waals surface area contributed by atoms with Crippen LogP contribution in [0.1, 0.15) is 36.2 Å². The van der Waals surface area contributed by atoms with Gasteiger partial charge in [0.25, 0.3) is 0 Å². The molecule has 1 N–H and O–H groups in total. The number of benzene rings is 1. The average molecular weight is 426 g/mol. The molecular weight excluding hydrogens is 409 g/mol. The zero-order valence-electron chi connectivity index (χ0n) is 15.4. The molecule has 1 aromatic rings. The first-order valence-corrected chi connectivity index (χ1v) is 9.67. The summed E-state index contributed by atoms with van der Waals surface area (Å²) in [5.41, 5.74) is -5.14. The smallest absolute Gasteiger partial charge is 0.478 e. The van der Waals surface area contributed by atoms with Gasteiger partial charge in [0.1, 0.15) is 5.76 Å². The third kappa shape index (κ3) is 5.99.